The second-order valence-electron chi connectivity index (χ2n) is 4.94. The highest BCUT2D eigenvalue weighted by Gasteiger charge is 2.31. The topological polar surface area (TPSA) is 106 Å². The molecule has 0 unspecified atom stereocenters. The van der Waals surface area contributed by atoms with Crippen LogP contribution in [0, 0.1) is 5.82 Å². The summed E-state index contributed by atoms with van der Waals surface area (Å²) in [6.07, 6.45) is 3.10. The number of hydrogen-bond donors (Lipinski definition) is 2. The van der Waals surface area contributed by atoms with Crippen LogP contribution in [-0.4, -0.2) is 46.3 Å². The summed E-state index contributed by atoms with van der Waals surface area (Å²) in [5, 5.41) is 11.3. The minimum atomic E-state index is -0.545. The van der Waals surface area contributed by atoms with E-state index in [0.717, 1.165) is 6.21 Å². The molecule has 9 heteroatoms. The predicted molar refractivity (Wildman–Crippen MR) is 79.6 cm³/mol. The number of halogens is 1. The average Bonchev–Trinajstić information content (AvgIpc) is 3.14. The number of cyclic esters (lactones) is 1. The third-order valence-corrected chi connectivity index (χ3v) is 3.45. The van der Waals surface area contributed by atoms with Crippen molar-refractivity contribution in [1.82, 2.24) is 9.55 Å². The van der Waals surface area contributed by atoms with E-state index in [1.807, 2.05) is 0 Å². The Balaban J connectivity index is 1.87. The maximum atomic E-state index is 14.4. The molecule has 0 radical (unpaired) electrons. The molecule has 2 aromatic rings. The molecule has 8 nitrogen and oxygen atoms in total. The molecule has 1 aromatic heterocycles. The number of imidazole rings is 1. The molecule has 1 atom stereocenters. The normalized spacial score (nSPS) is 17.9. The Morgan fingerprint density at radius 3 is 3.04 bits per heavy atom. The second-order valence-corrected chi connectivity index (χ2v) is 4.94. The summed E-state index contributed by atoms with van der Waals surface area (Å²) in [5.41, 5.74) is 6.50. The predicted octanol–water partition coefficient (Wildman–Crippen LogP) is 1.10. The van der Waals surface area contributed by atoms with Gasteiger partial charge in [-0.1, -0.05) is 5.16 Å². The van der Waals surface area contributed by atoms with Gasteiger partial charge in [0.05, 0.1) is 24.1 Å². The Hall–Kier alpha value is -2.94. The number of oxime groups is 1. The van der Waals surface area contributed by atoms with Crippen LogP contribution in [0.15, 0.2) is 35.9 Å². The van der Waals surface area contributed by atoms with Crippen molar-refractivity contribution < 1.29 is 19.1 Å². The first kappa shape index (κ1) is 15.0. The summed E-state index contributed by atoms with van der Waals surface area (Å²) < 4.78 is 20.8. The summed E-state index contributed by atoms with van der Waals surface area (Å²) in [6.45, 7) is 0.503. The van der Waals surface area contributed by atoms with Crippen molar-refractivity contribution in [3.05, 3.63) is 42.2 Å². The van der Waals surface area contributed by atoms with Gasteiger partial charge in [-0.2, -0.15) is 0 Å². The lowest BCUT2D eigenvalue weighted by molar-refractivity contribution is 0.145. The number of anilines is 1. The van der Waals surface area contributed by atoms with Gasteiger partial charge in [0.25, 0.3) is 0 Å². The fourth-order valence-electron chi connectivity index (χ4n) is 2.32. The van der Waals surface area contributed by atoms with E-state index < -0.39 is 11.9 Å². The second kappa shape index (κ2) is 6.05. The number of carbonyl (C=O) groups is 1. The third-order valence-electron chi connectivity index (χ3n) is 3.45. The molecule has 1 aliphatic rings. The van der Waals surface area contributed by atoms with E-state index in [9.17, 15) is 9.18 Å². The molecule has 1 saturated heterocycles. The minimum absolute atomic E-state index is 0.215. The molecule has 23 heavy (non-hydrogen) atoms. The van der Waals surface area contributed by atoms with E-state index in [4.69, 9.17) is 15.7 Å². The van der Waals surface area contributed by atoms with Gasteiger partial charge in [-0.25, -0.2) is 14.2 Å². The number of nitrogens with two attached hydrogens (primary N) is 1. The van der Waals surface area contributed by atoms with Crippen LogP contribution in [-0.2, 0) is 4.74 Å². The molecule has 1 fully saturated rings. The van der Waals surface area contributed by atoms with E-state index in [1.54, 1.807) is 6.07 Å². The molecule has 1 aliphatic heterocycles. The molecule has 2 heterocycles. The third kappa shape index (κ3) is 2.86. The molecular formula is C14H14FN5O3. The molecule has 0 spiro atoms. The lowest BCUT2D eigenvalue weighted by Crippen LogP contribution is -2.27. The highest BCUT2D eigenvalue weighted by atomic mass is 19.1. The number of aromatic nitrogens is 2. The molecule has 1 amide bonds. The Labute approximate surface area is 130 Å². The summed E-state index contributed by atoms with van der Waals surface area (Å²) >= 11 is 0. The first-order valence-electron chi connectivity index (χ1n) is 6.82. The van der Waals surface area contributed by atoms with Gasteiger partial charge in [0.15, 0.2) is 0 Å². The van der Waals surface area contributed by atoms with E-state index in [1.165, 1.54) is 34.1 Å². The summed E-state index contributed by atoms with van der Waals surface area (Å²) in [4.78, 5) is 17.0. The quantitative estimate of drug-likeness (QED) is 0.499. The number of amides is 1. The highest BCUT2D eigenvalue weighted by Crippen LogP contribution is 2.25. The van der Waals surface area contributed by atoms with Gasteiger partial charge in [0, 0.05) is 12.7 Å². The molecular weight excluding hydrogens is 305 g/mol. The Morgan fingerprint density at radius 2 is 2.39 bits per heavy atom. The zero-order valence-electron chi connectivity index (χ0n) is 12.0. The summed E-state index contributed by atoms with van der Waals surface area (Å²) in [6, 6.07) is 4.38. The molecule has 3 rings (SSSR count). The van der Waals surface area contributed by atoms with Gasteiger partial charge in [0.1, 0.15) is 23.9 Å². The van der Waals surface area contributed by atoms with Crippen LogP contribution in [0.1, 0.15) is 5.69 Å². The molecule has 0 bridgehead atoms. The van der Waals surface area contributed by atoms with Gasteiger partial charge in [0.2, 0.25) is 0 Å². The Kier molecular flexibility index (Phi) is 3.94. The number of hydrogen-bond acceptors (Lipinski definition) is 6. The van der Waals surface area contributed by atoms with Crippen molar-refractivity contribution in [3.63, 3.8) is 0 Å². The average molecular weight is 319 g/mol. The fraction of sp³-hybridized carbons (Fsp3) is 0.214. The van der Waals surface area contributed by atoms with Crippen LogP contribution in [0.2, 0.25) is 0 Å². The van der Waals surface area contributed by atoms with E-state index in [-0.39, 0.29) is 24.9 Å². The summed E-state index contributed by atoms with van der Waals surface area (Å²) in [5.74, 6) is -0.531. The smallest absolute Gasteiger partial charge is 0.414 e. The van der Waals surface area contributed by atoms with E-state index in [2.05, 4.69) is 10.1 Å². The van der Waals surface area contributed by atoms with Crippen LogP contribution in [0.5, 0.6) is 0 Å². The van der Waals surface area contributed by atoms with Crippen LogP contribution >= 0.6 is 0 Å². The monoisotopic (exact) mass is 319 g/mol. The van der Waals surface area contributed by atoms with Gasteiger partial charge in [-0.3, -0.25) is 4.90 Å². The van der Waals surface area contributed by atoms with Crippen LogP contribution in [0.3, 0.4) is 0 Å². The molecule has 120 valence electrons. The molecule has 3 N–H and O–H groups in total. The molecule has 1 aromatic carbocycles. The lowest BCUT2D eigenvalue weighted by Gasteiger charge is -2.14. The summed E-state index contributed by atoms with van der Waals surface area (Å²) in [7, 11) is 0. The highest BCUT2D eigenvalue weighted by molar-refractivity contribution is 5.89. The van der Waals surface area contributed by atoms with Crippen molar-refractivity contribution >= 4 is 18.0 Å². The Bertz CT molecular complexity index is 761. The minimum Gasteiger partial charge on any atom is -0.443 e. The number of rotatable bonds is 4. The van der Waals surface area contributed by atoms with Crippen molar-refractivity contribution in [2.45, 2.75) is 6.10 Å². The standard InChI is InChI=1S/C14H14FN5O3/c15-12-3-10(20-7-11(4-16)23-14(20)21)1-2-13(12)19-6-9(5-18-22)17-8-19/h1-3,5-6,8,11,22H,4,7,16H2/b18-5+/t11-/m0/s1. The van der Waals surface area contributed by atoms with Crippen LogP contribution in [0.25, 0.3) is 5.69 Å². The maximum absolute atomic E-state index is 14.4. The first-order chi connectivity index (χ1) is 11.1. The first-order valence-corrected chi connectivity index (χ1v) is 6.82. The Morgan fingerprint density at radius 1 is 1.57 bits per heavy atom. The van der Waals surface area contributed by atoms with Gasteiger partial charge >= 0.3 is 6.09 Å². The molecule has 0 saturated carbocycles. The van der Waals surface area contributed by atoms with Crippen molar-refractivity contribution in [3.8, 4) is 5.69 Å². The number of carbonyl (C=O) groups excluding carboxylic acids is 1. The molecule has 0 aliphatic carbocycles. The van der Waals surface area contributed by atoms with Gasteiger partial charge in [-0.15, -0.1) is 0 Å². The largest absolute Gasteiger partial charge is 0.443 e. The number of benzene rings is 1. The SMILES string of the molecule is NC[C@H]1CN(c2ccc(-n3cnc(/C=N/O)c3)c(F)c2)C(=O)O1. The lowest BCUT2D eigenvalue weighted by atomic mass is 10.2. The van der Waals surface area contributed by atoms with Crippen LogP contribution < -0.4 is 10.6 Å². The van der Waals surface area contributed by atoms with Crippen molar-refractivity contribution in [2.75, 3.05) is 18.0 Å². The van der Waals surface area contributed by atoms with Crippen molar-refractivity contribution in [2.24, 2.45) is 10.9 Å². The maximum Gasteiger partial charge on any atom is 0.414 e. The fourth-order valence-corrected chi connectivity index (χ4v) is 2.32. The van der Waals surface area contributed by atoms with Crippen LogP contribution in [0.4, 0.5) is 14.9 Å². The van der Waals surface area contributed by atoms with Gasteiger partial charge < -0.3 is 20.2 Å². The zero-order chi connectivity index (χ0) is 16.4. The van der Waals surface area contributed by atoms with E-state index in [0.29, 0.717) is 11.4 Å². The van der Waals surface area contributed by atoms with Gasteiger partial charge in [-0.05, 0) is 18.2 Å². The van der Waals surface area contributed by atoms with E-state index >= 15 is 0 Å². The number of nitrogens with zero attached hydrogens (tertiary/aromatic N) is 4. The zero-order valence-corrected chi connectivity index (χ0v) is 12.0. The number of ether oxygens (including phenoxy) is 1. The van der Waals surface area contributed by atoms with Crippen molar-refractivity contribution in [1.29, 1.82) is 0 Å².